The van der Waals surface area contributed by atoms with Gasteiger partial charge in [0.15, 0.2) is 0 Å². The monoisotopic (exact) mass is 244 g/mol. The molecule has 4 heteroatoms. The summed E-state index contributed by atoms with van der Waals surface area (Å²) in [5.74, 6) is 0. The highest BCUT2D eigenvalue weighted by Gasteiger charge is 2.09. The van der Waals surface area contributed by atoms with Crippen LogP contribution in [-0.2, 0) is 4.74 Å². The zero-order chi connectivity index (χ0) is 9.68. The van der Waals surface area contributed by atoms with Crippen LogP contribution < -0.4 is 5.32 Å². The van der Waals surface area contributed by atoms with Gasteiger partial charge in [-0.2, -0.15) is 0 Å². The number of nitrogens with zero attached hydrogens (tertiary/aromatic N) is 1. The third-order valence-corrected chi connectivity index (χ3v) is 2.28. The van der Waals surface area contributed by atoms with Crippen LogP contribution >= 0.6 is 15.9 Å². The maximum absolute atomic E-state index is 5.07. The van der Waals surface area contributed by atoms with Crippen molar-refractivity contribution in [1.29, 1.82) is 0 Å². The van der Waals surface area contributed by atoms with Gasteiger partial charge in [-0.1, -0.05) is 15.9 Å². The topological polar surface area (TPSA) is 34.1 Å². The van der Waals surface area contributed by atoms with Gasteiger partial charge >= 0.3 is 0 Å². The molecule has 1 unspecified atom stereocenters. The Morgan fingerprint density at radius 3 is 3.00 bits per heavy atom. The Hall–Kier alpha value is -0.450. The second-order valence-corrected chi connectivity index (χ2v) is 3.61. The molecule has 0 aliphatic heterocycles. The number of rotatable bonds is 4. The van der Waals surface area contributed by atoms with Gasteiger partial charge in [0, 0.05) is 17.8 Å². The van der Waals surface area contributed by atoms with Crippen molar-refractivity contribution >= 4 is 15.9 Å². The van der Waals surface area contributed by atoms with E-state index in [2.05, 4.69) is 26.2 Å². The summed E-state index contributed by atoms with van der Waals surface area (Å²) in [6, 6.07) is 4.05. The number of ether oxygens (including phenoxy) is 1. The summed E-state index contributed by atoms with van der Waals surface area (Å²) in [7, 11) is 3.58. The van der Waals surface area contributed by atoms with Crippen LogP contribution in [0.15, 0.2) is 22.8 Å². The van der Waals surface area contributed by atoms with E-state index in [1.165, 1.54) is 0 Å². The number of nitrogens with one attached hydrogen (secondary N) is 1. The van der Waals surface area contributed by atoms with Gasteiger partial charge in [0.2, 0.25) is 0 Å². The van der Waals surface area contributed by atoms with Crippen LogP contribution in [0, 0.1) is 0 Å². The van der Waals surface area contributed by atoms with Gasteiger partial charge in [-0.3, -0.25) is 4.98 Å². The van der Waals surface area contributed by atoms with E-state index in [1.807, 2.05) is 19.2 Å². The molecule has 1 rings (SSSR count). The van der Waals surface area contributed by atoms with Crippen LogP contribution in [0.2, 0.25) is 0 Å². The second-order valence-electron chi connectivity index (χ2n) is 2.70. The number of hydrogen-bond acceptors (Lipinski definition) is 3. The van der Waals surface area contributed by atoms with E-state index < -0.39 is 0 Å². The lowest BCUT2D eigenvalue weighted by atomic mass is 10.2. The molecule has 1 heterocycles. The minimum absolute atomic E-state index is 0.155. The fourth-order valence-electron chi connectivity index (χ4n) is 1.10. The maximum Gasteiger partial charge on any atom is 0.0730 e. The first kappa shape index (κ1) is 10.6. The summed E-state index contributed by atoms with van der Waals surface area (Å²) < 4.78 is 6.11. The van der Waals surface area contributed by atoms with Crippen LogP contribution in [0.5, 0.6) is 0 Å². The molecule has 1 N–H and O–H groups in total. The van der Waals surface area contributed by atoms with Crippen LogP contribution in [0.4, 0.5) is 0 Å². The van der Waals surface area contributed by atoms with E-state index in [-0.39, 0.29) is 6.04 Å². The Morgan fingerprint density at radius 2 is 2.46 bits per heavy atom. The van der Waals surface area contributed by atoms with Crippen LogP contribution in [-0.4, -0.2) is 25.7 Å². The smallest absolute Gasteiger partial charge is 0.0730 e. The lowest BCUT2D eigenvalue weighted by molar-refractivity contribution is 0.169. The molecule has 1 aromatic heterocycles. The van der Waals surface area contributed by atoms with Crippen LogP contribution in [0.1, 0.15) is 11.7 Å². The highest BCUT2D eigenvalue weighted by atomic mass is 79.9. The zero-order valence-electron chi connectivity index (χ0n) is 7.75. The molecule has 13 heavy (non-hydrogen) atoms. The van der Waals surface area contributed by atoms with Crippen molar-refractivity contribution in [2.24, 2.45) is 0 Å². The van der Waals surface area contributed by atoms with Gasteiger partial charge in [-0.25, -0.2) is 0 Å². The van der Waals surface area contributed by atoms with Crippen molar-refractivity contribution < 1.29 is 4.74 Å². The van der Waals surface area contributed by atoms with E-state index in [9.17, 15) is 0 Å². The summed E-state index contributed by atoms with van der Waals surface area (Å²) in [6.07, 6.45) is 1.78. The molecule has 1 aromatic rings. The molecule has 72 valence electrons. The van der Waals surface area contributed by atoms with E-state index in [0.717, 1.165) is 10.2 Å². The van der Waals surface area contributed by atoms with Crippen molar-refractivity contribution in [3.63, 3.8) is 0 Å². The summed E-state index contributed by atoms with van der Waals surface area (Å²) in [5, 5.41) is 3.14. The first-order valence-corrected chi connectivity index (χ1v) is 4.85. The Bertz CT molecular complexity index is 268. The largest absolute Gasteiger partial charge is 0.383 e. The third kappa shape index (κ3) is 3.06. The number of pyridine rings is 1. The molecule has 3 nitrogen and oxygen atoms in total. The highest BCUT2D eigenvalue weighted by Crippen LogP contribution is 2.15. The quantitative estimate of drug-likeness (QED) is 0.877. The number of likely N-dealkylation sites (N-methyl/N-ethyl adjacent to an activating group) is 1. The summed E-state index contributed by atoms with van der Waals surface area (Å²) in [4.78, 5) is 4.26. The molecule has 0 spiro atoms. The minimum atomic E-state index is 0.155. The highest BCUT2D eigenvalue weighted by molar-refractivity contribution is 9.10. The Kier molecular flexibility index (Phi) is 4.35. The first-order chi connectivity index (χ1) is 6.27. The van der Waals surface area contributed by atoms with Crippen molar-refractivity contribution in [3.05, 3.63) is 28.5 Å². The molecule has 0 amide bonds. The summed E-state index contributed by atoms with van der Waals surface area (Å²) >= 11 is 3.40. The third-order valence-electron chi connectivity index (χ3n) is 1.78. The molecule has 0 bridgehead atoms. The lowest BCUT2D eigenvalue weighted by Gasteiger charge is -2.14. The first-order valence-electron chi connectivity index (χ1n) is 4.05. The molecule has 0 aliphatic rings. The average molecular weight is 245 g/mol. The number of hydrogen-bond donors (Lipinski definition) is 1. The van der Waals surface area contributed by atoms with Gasteiger partial charge in [-0.05, 0) is 19.2 Å². The number of methoxy groups -OCH3 is 1. The Balaban J connectivity index is 2.78. The zero-order valence-corrected chi connectivity index (χ0v) is 9.34. The molecule has 0 saturated carbocycles. The van der Waals surface area contributed by atoms with Gasteiger partial charge < -0.3 is 10.1 Å². The van der Waals surface area contributed by atoms with Gasteiger partial charge in [0.25, 0.3) is 0 Å². The molecular weight excluding hydrogens is 232 g/mol. The van der Waals surface area contributed by atoms with Gasteiger partial charge in [-0.15, -0.1) is 0 Å². The van der Waals surface area contributed by atoms with Gasteiger partial charge in [0.05, 0.1) is 18.3 Å². The fraction of sp³-hybridized carbons (Fsp3) is 0.444. The van der Waals surface area contributed by atoms with Crippen molar-refractivity contribution in [1.82, 2.24) is 10.3 Å². The standard InChI is InChI=1S/C9H13BrN2O/c1-11-9(6-13-2)8-5-7(10)3-4-12-8/h3-5,9,11H,6H2,1-2H3. The van der Waals surface area contributed by atoms with E-state index >= 15 is 0 Å². The van der Waals surface area contributed by atoms with E-state index in [4.69, 9.17) is 4.74 Å². The fourth-order valence-corrected chi connectivity index (χ4v) is 1.45. The molecule has 1 atom stereocenters. The Morgan fingerprint density at radius 1 is 1.69 bits per heavy atom. The molecule has 0 fully saturated rings. The lowest BCUT2D eigenvalue weighted by Crippen LogP contribution is -2.22. The summed E-state index contributed by atoms with van der Waals surface area (Å²) in [6.45, 7) is 0.625. The van der Waals surface area contributed by atoms with Crippen LogP contribution in [0.3, 0.4) is 0 Å². The van der Waals surface area contributed by atoms with Crippen molar-refractivity contribution in [2.45, 2.75) is 6.04 Å². The average Bonchev–Trinajstić information content (AvgIpc) is 2.14. The molecule has 0 aliphatic carbocycles. The predicted octanol–water partition coefficient (Wildman–Crippen LogP) is 1.75. The molecule has 0 aromatic carbocycles. The molecule has 0 radical (unpaired) electrons. The SMILES string of the molecule is CNC(COC)c1cc(Br)ccn1. The van der Waals surface area contributed by atoms with Crippen LogP contribution in [0.25, 0.3) is 0 Å². The van der Waals surface area contributed by atoms with E-state index in [0.29, 0.717) is 6.61 Å². The molecular formula is C9H13BrN2O. The van der Waals surface area contributed by atoms with Crippen molar-refractivity contribution in [3.8, 4) is 0 Å². The maximum atomic E-state index is 5.07. The number of halogens is 1. The minimum Gasteiger partial charge on any atom is -0.383 e. The van der Waals surface area contributed by atoms with Gasteiger partial charge in [0.1, 0.15) is 0 Å². The van der Waals surface area contributed by atoms with E-state index in [1.54, 1.807) is 13.3 Å². The Labute approximate surface area is 86.6 Å². The van der Waals surface area contributed by atoms with Crippen molar-refractivity contribution in [2.75, 3.05) is 20.8 Å². The second kappa shape index (κ2) is 5.32. The molecule has 0 saturated heterocycles. The summed E-state index contributed by atoms with van der Waals surface area (Å²) in [5.41, 5.74) is 0.985. The number of aromatic nitrogens is 1. The normalized spacial score (nSPS) is 12.8. The predicted molar refractivity (Wildman–Crippen MR) is 55.6 cm³/mol.